The van der Waals surface area contributed by atoms with Gasteiger partial charge in [-0.1, -0.05) is 121 Å². The SMILES string of the molecule is CCCCC/C=C\C/C=C\C/C=C\CCCCCCCCC(=O)OCC(O)COP(=O)(O)OCCNC(=O)CCCCCCCC. The second-order valence-electron chi connectivity index (χ2n) is 11.8. The molecule has 0 bridgehead atoms. The van der Waals surface area contributed by atoms with Crippen molar-refractivity contribution < 1.29 is 37.9 Å². The summed E-state index contributed by atoms with van der Waals surface area (Å²) in [5.41, 5.74) is 0. The number of allylic oxidation sites excluding steroid dienone is 6. The zero-order valence-electron chi connectivity index (χ0n) is 29.0. The van der Waals surface area contributed by atoms with E-state index in [4.69, 9.17) is 13.8 Å². The lowest BCUT2D eigenvalue weighted by Crippen LogP contribution is -2.27. The molecule has 268 valence electrons. The number of carbonyl (C=O) groups excluding carboxylic acids is 2. The highest BCUT2D eigenvalue weighted by Gasteiger charge is 2.23. The molecule has 0 saturated carbocycles. The first kappa shape index (κ1) is 44.2. The van der Waals surface area contributed by atoms with Crippen molar-refractivity contribution in [3.05, 3.63) is 36.5 Å². The number of esters is 1. The van der Waals surface area contributed by atoms with Crippen molar-refractivity contribution >= 4 is 19.7 Å². The molecule has 3 N–H and O–H groups in total. The lowest BCUT2D eigenvalue weighted by molar-refractivity contribution is -0.147. The highest BCUT2D eigenvalue weighted by molar-refractivity contribution is 7.47. The number of amides is 1. The maximum atomic E-state index is 12.0. The van der Waals surface area contributed by atoms with Gasteiger partial charge < -0.3 is 20.1 Å². The molecule has 1 amide bonds. The molecule has 0 rings (SSSR count). The molecule has 0 radical (unpaired) electrons. The topological polar surface area (TPSA) is 131 Å². The molecule has 0 aliphatic rings. The Balaban J connectivity index is 3.65. The van der Waals surface area contributed by atoms with Crippen molar-refractivity contribution in [1.29, 1.82) is 0 Å². The second kappa shape index (κ2) is 33.1. The minimum atomic E-state index is -4.40. The van der Waals surface area contributed by atoms with Gasteiger partial charge in [0, 0.05) is 19.4 Å². The van der Waals surface area contributed by atoms with E-state index in [0.717, 1.165) is 64.2 Å². The highest BCUT2D eigenvalue weighted by Crippen LogP contribution is 2.42. The maximum absolute atomic E-state index is 12.0. The fourth-order valence-corrected chi connectivity index (χ4v) is 5.32. The zero-order valence-corrected chi connectivity index (χ0v) is 29.9. The molecule has 0 aliphatic heterocycles. The molecule has 0 aromatic heterocycles. The van der Waals surface area contributed by atoms with Crippen LogP contribution >= 0.6 is 7.82 Å². The Morgan fingerprint density at radius 3 is 1.80 bits per heavy atom. The smallest absolute Gasteiger partial charge is 0.463 e. The Morgan fingerprint density at radius 2 is 1.17 bits per heavy atom. The van der Waals surface area contributed by atoms with Gasteiger partial charge in [-0.3, -0.25) is 18.6 Å². The summed E-state index contributed by atoms with van der Waals surface area (Å²) < 4.78 is 26.6. The van der Waals surface area contributed by atoms with Crippen LogP contribution in [0, 0.1) is 0 Å². The van der Waals surface area contributed by atoms with Crippen molar-refractivity contribution in [2.24, 2.45) is 0 Å². The number of aliphatic hydroxyl groups excluding tert-OH is 1. The Kier molecular flexibility index (Phi) is 31.9. The number of aliphatic hydroxyl groups is 1. The van der Waals surface area contributed by atoms with Gasteiger partial charge in [0.25, 0.3) is 0 Å². The molecule has 0 aliphatic carbocycles. The van der Waals surface area contributed by atoms with E-state index in [9.17, 15) is 24.2 Å². The maximum Gasteiger partial charge on any atom is 0.472 e. The third kappa shape index (κ3) is 33.6. The number of phosphoric ester groups is 1. The van der Waals surface area contributed by atoms with E-state index in [2.05, 4.69) is 55.6 Å². The van der Waals surface area contributed by atoms with Gasteiger partial charge >= 0.3 is 13.8 Å². The zero-order chi connectivity index (χ0) is 34.0. The van der Waals surface area contributed by atoms with E-state index in [1.807, 2.05) is 0 Å². The number of unbranched alkanes of at least 4 members (excludes halogenated alkanes) is 14. The van der Waals surface area contributed by atoms with Crippen LogP contribution in [0.1, 0.15) is 149 Å². The molecule has 9 nitrogen and oxygen atoms in total. The summed E-state index contributed by atoms with van der Waals surface area (Å²) in [6.45, 7) is 3.42. The summed E-state index contributed by atoms with van der Waals surface area (Å²) in [5.74, 6) is -0.541. The van der Waals surface area contributed by atoms with E-state index in [0.29, 0.717) is 6.42 Å². The molecule has 0 aromatic carbocycles. The average molecular weight is 672 g/mol. The molecule has 0 aromatic rings. The van der Waals surface area contributed by atoms with Crippen molar-refractivity contribution in [2.75, 3.05) is 26.4 Å². The Labute approximate surface area is 280 Å². The van der Waals surface area contributed by atoms with Crippen LogP contribution in [0.25, 0.3) is 0 Å². The molecule has 10 heteroatoms. The predicted octanol–water partition coefficient (Wildman–Crippen LogP) is 9.04. The van der Waals surface area contributed by atoms with Gasteiger partial charge in [-0.05, 0) is 51.4 Å². The lowest BCUT2D eigenvalue weighted by Gasteiger charge is -2.15. The van der Waals surface area contributed by atoms with E-state index in [1.165, 1.54) is 57.8 Å². The van der Waals surface area contributed by atoms with Gasteiger partial charge in [0.05, 0.1) is 13.2 Å². The molecular formula is C36H66NO8P. The first-order valence-corrected chi connectivity index (χ1v) is 19.5. The van der Waals surface area contributed by atoms with Crippen molar-refractivity contribution in [2.45, 2.75) is 155 Å². The van der Waals surface area contributed by atoms with Gasteiger partial charge in [0.2, 0.25) is 5.91 Å². The third-order valence-corrected chi connectivity index (χ3v) is 8.31. The van der Waals surface area contributed by atoms with Crippen LogP contribution in [0.2, 0.25) is 0 Å². The minimum absolute atomic E-state index is 0.0794. The lowest BCUT2D eigenvalue weighted by atomic mass is 10.1. The quantitative estimate of drug-likeness (QED) is 0.0273. The van der Waals surface area contributed by atoms with Gasteiger partial charge in [-0.25, -0.2) is 4.57 Å². The van der Waals surface area contributed by atoms with E-state index in [-0.39, 0.29) is 32.1 Å². The van der Waals surface area contributed by atoms with Gasteiger partial charge in [0.15, 0.2) is 0 Å². The van der Waals surface area contributed by atoms with Crippen LogP contribution in [0.4, 0.5) is 0 Å². The number of carbonyl (C=O) groups is 2. The van der Waals surface area contributed by atoms with Crippen molar-refractivity contribution in [1.82, 2.24) is 5.32 Å². The van der Waals surface area contributed by atoms with Crippen LogP contribution in [0.15, 0.2) is 36.5 Å². The number of phosphoric acid groups is 1. The highest BCUT2D eigenvalue weighted by atomic mass is 31.2. The molecular weight excluding hydrogens is 605 g/mol. The van der Waals surface area contributed by atoms with Crippen LogP contribution in [-0.2, 0) is 27.9 Å². The fraction of sp³-hybridized carbons (Fsp3) is 0.778. The number of rotatable bonds is 33. The monoisotopic (exact) mass is 671 g/mol. The fourth-order valence-electron chi connectivity index (χ4n) is 4.56. The number of ether oxygens (including phenoxy) is 1. The van der Waals surface area contributed by atoms with E-state index >= 15 is 0 Å². The minimum Gasteiger partial charge on any atom is -0.463 e. The van der Waals surface area contributed by atoms with Crippen LogP contribution in [0.5, 0.6) is 0 Å². The number of nitrogens with one attached hydrogen (secondary N) is 1. The van der Waals surface area contributed by atoms with Crippen LogP contribution < -0.4 is 5.32 Å². The Hall–Kier alpha value is -1.77. The molecule has 46 heavy (non-hydrogen) atoms. The predicted molar refractivity (Wildman–Crippen MR) is 187 cm³/mol. The molecule has 0 spiro atoms. The molecule has 0 saturated heterocycles. The third-order valence-electron chi connectivity index (χ3n) is 7.32. The van der Waals surface area contributed by atoms with E-state index < -0.39 is 26.5 Å². The number of hydrogen-bond donors (Lipinski definition) is 3. The van der Waals surface area contributed by atoms with Crippen molar-refractivity contribution in [3.8, 4) is 0 Å². The average Bonchev–Trinajstić information content (AvgIpc) is 3.04. The summed E-state index contributed by atoms with van der Waals surface area (Å²) in [5, 5.41) is 12.6. The first-order chi connectivity index (χ1) is 22.3. The molecule has 2 unspecified atom stereocenters. The molecule has 0 fully saturated rings. The Morgan fingerprint density at radius 1 is 0.674 bits per heavy atom. The summed E-state index contributed by atoms with van der Waals surface area (Å²) in [6.07, 6.45) is 33.8. The summed E-state index contributed by atoms with van der Waals surface area (Å²) in [7, 11) is -4.40. The van der Waals surface area contributed by atoms with Gasteiger partial charge in [-0.2, -0.15) is 0 Å². The van der Waals surface area contributed by atoms with Crippen LogP contribution in [-0.4, -0.2) is 54.3 Å². The summed E-state index contributed by atoms with van der Waals surface area (Å²) >= 11 is 0. The van der Waals surface area contributed by atoms with E-state index in [1.54, 1.807) is 0 Å². The normalized spacial score (nSPS) is 13.9. The molecule has 2 atom stereocenters. The van der Waals surface area contributed by atoms with Crippen LogP contribution in [0.3, 0.4) is 0 Å². The molecule has 0 heterocycles. The van der Waals surface area contributed by atoms with Gasteiger partial charge in [-0.15, -0.1) is 0 Å². The summed E-state index contributed by atoms with van der Waals surface area (Å²) in [6, 6.07) is 0. The second-order valence-corrected chi connectivity index (χ2v) is 13.3. The standard InChI is InChI=1S/C36H66NO8P/c1-3-5-7-9-11-12-13-14-15-16-17-18-19-20-21-22-23-25-27-29-36(40)43-32-34(38)33-45-46(41,42)44-31-30-37-35(39)28-26-24-10-8-6-4-2/h11-12,14-15,17-18,34,38H,3-10,13,16,19-33H2,1-2H3,(H,37,39)(H,41,42)/b12-11-,15-14-,18-17-. The Bertz CT molecular complexity index is 861. The largest absolute Gasteiger partial charge is 0.472 e. The first-order valence-electron chi connectivity index (χ1n) is 18.0. The van der Waals surface area contributed by atoms with Crippen molar-refractivity contribution in [3.63, 3.8) is 0 Å². The summed E-state index contributed by atoms with van der Waals surface area (Å²) in [4.78, 5) is 33.5. The van der Waals surface area contributed by atoms with Gasteiger partial charge in [0.1, 0.15) is 12.7 Å². The number of hydrogen-bond acceptors (Lipinski definition) is 7.